The van der Waals surface area contributed by atoms with Gasteiger partial charge in [-0.15, -0.1) is 11.6 Å². The zero-order chi connectivity index (χ0) is 12.7. The third-order valence-electron chi connectivity index (χ3n) is 2.30. The first-order chi connectivity index (χ1) is 8.21. The van der Waals surface area contributed by atoms with E-state index in [9.17, 15) is 4.79 Å². The van der Waals surface area contributed by atoms with Crippen molar-refractivity contribution in [3.8, 4) is 0 Å². The molecule has 0 bridgehead atoms. The molecule has 0 aliphatic rings. The number of hydrogen-bond donors (Lipinski definition) is 1. The van der Waals surface area contributed by atoms with Crippen molar-refractivity contribution < 1.29 is 14.3 Å². The number of amides is 1. The van der Waals surface area contributed by atoms with Gasteiger partial charge in [0.2, 0.25) is 0 Å². The highest BCUT2D eigenvalue weighted by molar-refractivity contribution is 6.17. The van der Waals surface area contributed by atoms with Crippen LogP contribution in [0.25, 0.3) is 0 Å². The number of alkyl halides is 1. The van der Waals surface area contributed by atoms with Crippen molar-refractivity contribution in [2.45, 2.75) is 12.2 Å². The van der Waals surface area contributed by atoms with Gasteiger partial charge in [-0.3, -0.25) is 4.79 Å². The van der Waals surface area contributed by atoms with Gasteiger partial charge in [0.1, 0.15) is 0 Å². The molecule has 0 radical (unpaired) electrons. The minimum absolute atomic E-state index is 0.170. The molecule has 0 aliphatic heterocycles. The Morgan fingerprint density at radius 3 is 2.71 bits per heavy atom. The zero-order valence-corrected chi connectivity index (χ0v) is 10.7. The van der Waals surface area contributed by atoms with E-state index in [-0.39, 0.29) is 5.91 Å². The van der Waals surface area contributed by atoms with Gasteiger partial charge in [-0.2, -0.15) is 0 Å². The molecule has 1 amide bonds. The van der Waals surface area contributed by atoms with Gasteiger partial charge in [0, 0.05) is 25.7 Å². The van der Waals surface area contributed by atoms with Crippen LogP contribution in [0.1, 0.15) is 15.9 Å². The lowest BCUT2D eigenvalue weighted by Crippen LogP contribution is -2.34. The van der Waals surface area contributed by atoms with Gasteiger partial charge in [-0.25, -0.2) is 0 Å². The standard InChI is InChI=1S/C12H16ClNO3/c1-16-11(17-2)8-14-12(15)10-5-3-4-9(6-10)7-13/h3-6,11H,7-8H2,1-2H3,(H,14,15). The summed E-state index contributed by atoms with van der Waals surface area (Å²) in [5.41, 5.74) is 1.49. The van der Waals surface area contributed by atoms with Crippen LogP contribution in [-0.4, -0.2) is 33.0 Å². The Morgan fingerprint density at radius 1 is 1.41 bits per heavy atom. The maximum absolute atomic E-state index is 11.8. The van der Waals surface area contributed by atoms with Crippen molar-refractivity contribution in [3.05, 3.63) is 35.4 Å². The molecular weight excluding hydrogens is 242 g/mol. The van der Waals surface area contributed by atoms with Crippen LogP contribution in [0.4, 0.5) is 0 Å². The third-order valence-corrected chi connectivity index (χ3v) is 2.61. The minimum Gasteiger partial charge on any atom is -0.354 e. The summed E-state index contributed by atoms with van der Waals surface area (Å²) < 4.78 is 9.95. The summed E-state index contributed by atoms with van der Waals surface area (Å²) in [6.45, 7) is 0.303. The van der Waals surface area contributed by atoms with E-state index in [1.807, 2.05) is 6.07 Å². The normalized spacial score (nSPS) is 10.6. The fourth-order valence-electron chi connectivity index (χ4n) is 1.34. The highest BCUT2D eigenvalue weighted by Crippen LogP contribution is 2.07. The predicted molar refractivity (Wildman–Crippen MR) is 66.1 cm³/mol. The van der Waals surface area contributed by atoms with Crippen molar-refractivity contribution in [3.63, 3.8) is 0 Å². The molecule has 0 aromatic heterocycles. The summed E-state index contributed by atoms with van der Waals surface area (Å²) in [6, 6.07) is 7.17. The Morgan fingerprint density at radius 2 is 2.12 bits per heavy atom. The van der Waals surface area contributed by atoms with Crippen molar-refractivity contribution in [2.75, 3.05) is 20.8 Å². The van der Waals surface area contributed by atoms with E-state index < -0.39 is 6.29 Å². The summed E-state index contributed by atoms with van der Waals surface area (Å²) in [7, 11) is 3.04. The number of nitrogens with one attached hydrogen (secondary N) is 1. The number of rotatable bonds is 6. The average Bonchev–Trinajstić information content (AvgIpc) is 2.39. The molecule has 1 aromatic carbocycles. The SMILES string of the molecule is COC(CNC(=O)c1cccc(CCl)c1)OC. The van der Waals surface area contributed by atoms with E-state index in [4.69, 9.17) is 21.1 Å². The highest BCUT2D eigenvalue weighted by Gasteiger charge is 2.09. The monoisotopic (exact) mass is 257 g/mol. The lowest BCUT2D eigenvalue weighted by molar-refractivity contribution is -0.0974. The smallest absolute Gasteiger partial charge is 0.251 e. The molecule has 0 atom stereocenters. The van der Waals surface area contributed by atoms with Crippen molar-refractivity contribution in [2.24, 2.45) is 0 Å². The number of carbonyl (C=O) groups is 1. The Balaban J connectivity index is 2.57. The predicted octanol–water partition coefficient (Wildman–Crippen LogP) is 1.77. The molecule has 0 aliphatic carbocycles. The van der Waals surface area contributed by atoms with E-state index in [0.717, 1.165) is 5.56 Å². The molecule has 5 heteroatoms. The fourth-order valence-corrected chi connectivity index (χ4v) is 1.50. The lowest BCUT2D eigenvalue weighted by atomic mass is 10.1. The Kier molecular flexibility index (Phi) is 5.97. The fraction of sp³-hybridized carbons (Fsp3) is 0.417. The van der Waals surface area contributed by atoms with E-state index >= 15 is 0 Å². The van der Waals surface area contributed by atoms with Crippen LogP contribution in [0.5, 0.6) is 0 Å². The molecular formula is C12H16ClNO3. The zero-order valence-electron chi connectivity index (χ0n) is 9.90. The summed E-state index contributed by atoms with van der Waals surface area (Å²) in [6.07, 6.45) is -0.435. The van der Waals surface area contributed by atoms with E-state index in [1.165, 1.54) is 14.2 Å². The van der Waals surface area contributed by atoms with Crippen LogP contribution in [0.2, 0.25) is 0 Å². The Labute approximate surface area is 106 Å². The maximum atomic E-state index is 11.8. The highest BCUT2D eigenvalue weighted by atomic mass is 35.5. The topological polar surface area (TPSA) is 47.6 Å². The average molecular weight is 258 g/mol. The summed E-state index contributed by atoms with van der Waals surface area (Å²) in [4.78, 5) is 11.8. The van der Waals surface area contributed by atoms with Gasteiger partial charge in [0.25, 0.3) is 5.91 Å². The number of methoxy groups -OCH3 is 2. The molecule has 1 rings (SSSR count). The second-order valence-electron chi connectivity index (χ2n) is 3.44. The number of ether oxygens (including phenoxy) is 2. The molecule has 0 heterocycles. The molecule has 17 heavy (non-hydrogen) atoms. The summed E-state index contributed by atoms with van der Waals surface area (Å²) in [5.74, 6) is 0.218. The second kappa shape index (κ2) is 7.27. The van der Waals surface area contributed by atoms with Crippen LogP contribution >= 0.6 is 11.6 Å². The number of hydrogen-bond acceptors (Lipinski definition) is 3. The molecule has 0 saturated carbocycles. The first kappa shape index (κ1) is 14.0. The van der Waals surface area contributed by atoms with E-state index in [1.54, 1.807) is 18.2 Å². The van der Waals surface area contributed by atoms with Crippen molar-refractivity contribution in [1.82, 2.24) is 5.32 Å². The second-order valence-corrected chi connectivity index (χ2v) is 3.71. The minimum atomic E-state index is -0.435. The molecule has 1 N–H and O–H groups in total. The van der Waals surface area contributed by atoms with Crippen molar-refractivity contribution in [1.29, 1.82) is 0 Å². The summed E-state index contributed by atoms with van der Waals surface area (Å²) >= 11 is 5.70. The lowest BCUT2D eigenvalue weighted by Gasteiger charge is -2.14. The molecule has 4 nitrogen and oxygen atoms in total. The van der Waals surface area contributed by atoms with Gasteiger partial charge in [0.15, 0.2) is 6.29 Å². The van der Waals surface area contributed by atoms with Crippen LogP contribution in [0.15, 0.2) is 24.3 Å². The van der Waals surface area contributed by atoms with Crippen molar-refractivity contribution >= 4 is 17.5 Å². The first-order valence-electron chi connectivity index (χ1n) is 5.20. The number of carbonyl (C=O) groups excluding carboxylic acids is 1. The van der Waals surface area contributed by atoms with E-state index in [2.05, 4.69) is 5.32 Å². The Hall–Kier alpha value is -1.10. The van der Waals surface area contributed by atoms with Gasteiger partial charge in [-0.1, -0.05) is 12.1 Å². The molecule has 0 unspecified atom stereocenters. The van der Waals surface area contributed by atoms with Crippen LogP contribution in [0.3, 0.4) is 0 Å². The molecule has 94 valence electrons. The quantitative estimate of drug-likeness (QED) is 0.624. The van der Waals surface area contributed by atoms with Crippen LogP contribution < -0.4 is 5.32 Å². The summed E-state index contributed by atoms with van der Waals surface area (Å²) in [5, 5.41) is 2.72. The third kappa shape index (κ3) is 4.34. The molecule has 0 spiro atoms. The van der Waals surface area contributed by atoms with E-state index in [0.29, 0.717) is 18.0 Å². The van der Waals surface area contributed by atoms with Gasteiger partial charge in [0.05, 0.1) is 6.54 Å². The first-order valence-corrected chi connectivity index (χ1v) is 5.73. The van der Waals surface area contributed by atoms with Crippen LogP contribution in [-0.2, 0) is 15.4 Å². The molecule has 0 saturated heterocycles. The van der Waals surface area contributed by atoms with Crippen LogP contribution in [0, 0.1) is 0 Å². The maximum Gasteiger partial charge on any atom is 0.251 e. The van der Waals surface area contributed by atoms with Gasteiger partial charge in [-0.05, 0) is 17.7 Å². The largest absolute Gasteiger partial charge is 0.354 e. The Bertz CT molecular complexity index is 367. The van der Waals surface area contributed by atoms with Gasteiger partial charge >= 0.3 is 0 Å². The van der Waals surface area contributed by atoms with Gasteiger partial charge < -0.3 is 14.8 Å². The number of halogens is 1. The number of benzene rings is 1. The molecule has 1 aromatic rings. The molecule has 0 fully saturated rings.